The Balaban J connectivity index is 1.28. The highest BCUT2D eigenvalue weighted by molar-refractivity contribution is 5.76. The second-order valence-electron chi connectivity index (χ2n) is 9.34. The van der Waals surface area contributed by atoms with Crippen LogP contribution in [0, 0.1) is 5.82 Å². The largest absolute Gasteiger partial charge is 0.423 e. The molecule has 10 nitrogen and oxygen atoms in total. The van der Waals surface area contributed by atoms with Crippen molar-refractivity contribution in [3.8, 4) is 0 Å². The van der Waals surface area contributed by atoms with Crippen LogP contribution >= 0.6 is 0 Å². The normalized spacial score (nSPS) is 18.6. The quantitative estimate of drug-likeness (QED) is 0.379. The monoisotopic (exact) mass is 582 g/mol. The molecule has 2 aromatic heterocycles. The summed E-state index contributed by atoms with van der Waals surface area (Å²) in [6.45, 7) is 1.62. The van der Waals surface area contributed by atoms with Crippen LogP contribution in [0.25, 0.3) is 0 Å². The number of carbonyl (C=O) groups is 1. The maximum atomic E-state index is 14.6. The molecule has 4 heterocycles. The van der Waals surface area contributed by atoms with Crippen LogP contribution in [0.3, 0.4) is 0 Å². The number of alkyl halides is 6. The summed E-state index contributed by atoms with van der Waals surface area (Å²) >= 11 is 0. The Hall–Kier alpha value is -3.47. The van der Waals surface area contributed by atoms with Crippen molar-refractivity contribution < 1.29 is 45.0 Å². The Morgan fingerprint density at radius 3 is 2.67 bits per heavy atom. The Morgan fingerprint density at radius 2 is 1.98 bits per heavy atom. The van der Waals surface area contributed by atoms with E-state index in [0.29, 0.717) is 6.20 Å². The number of nitrogens with one attached hydrogen (secondary N) is 2. The number of fused-ring (bicyclic) bond motifs is 3. The summed E-state index contributed by atoms with van der Waals surface area (Å²) in [7, 11) is 0. The van der Waals surface area contributed by atoms with Crippen molar-refractivity contribution in [3.63, 3.8) is 0 Å². The van der Waals surface area contributed by atoms with Gasteiger partial charge in [0.15, 0.2) is 0 Å². The molecular formula is C23H25F7N6O4. The van der Waals surface area contributed by atoms with Gasteiger partial charge in [0.05, 0.1) is 56.3 Å². The summed E-state index contributed by atoms with van der Waals surface area (Å²) in [5.41, 5.74) is -5.05. The molecule has 220 valence electrons. The molecule has 0 unspecified atom stereocenters. The van der Waals surface area contributed by atoms with E-state index >= 15 is 0 Å². The number of aromatic nitrogens is 3. The lowest BCUT2D eigenvalue weighted by molar-refractivity contribution is -0.140. The molecule has 0 radical (unpaired) electrons. The Labute approximate surface area is 222 Å². The summed E-state index contributed by atoms with van der Waals surface area (Å²) in [6.07, 6.45) is -8.53. The van der Waals surface area contributed by atoms with E-state index in [1.807, 2.05) is 0 Å². The second-order valence-corrected chi connectivity index (χ2v) is 9.34. The second kappa shape index (κ2) is 11.6. The number of halogens is 7. The molecule has 0 bridgehead atoms. The van der Waals surface area contributed by atoms with Crippen molar-refractivity contribution >= 4 is 17.4 Å². The van der Waals surface area contributed by atoms with Crippen LogP contribution in [0.2, 0.25) is 0 Å². The maximum absolute atomic E-state index is 14.6. The molecule has 2 N–H and O–H groups in total. The highest BCUT2D eigenvalue weighted by atomic mass is 19.4. The van der Waals surface area contributed by atoms with Crippen LogP contribution in [0.15, 0.2) is 17.2 Å². The molecule has 4 rings (SSSR count). The molecule has 40 heavy (non-hydrogen) atoms. The van der Waals surface area contributed by atoms with Crippen LogP contribution in [0.1, 0.15) is 30.0 Å². The molecular weight excluding hydrogens is 557 g/mol. The number of ether oxygens (including phenoxy) is 2. The number of piperazine rings is 1. The van der Waals surface area contributed by atoms with Crippen molar-refractivity contribution in [2.45, 2.75) is 44.4 Å². The SMILES string of the molecule is C[C@@H](COCCC(=O)N1CCN2c3ncc(C(F)(F)F)c(F)c3COC[C@H]2C1)Nc1cn[nH]c(=O)c1C(F)(F)F. The van der Waals surface area contributed by atoms with Crippen molar-refractivity contribution in [3.05, 3.63) is 45.3 Å². The number of carbonyl (C=O) groups excluding carboxylic acids is 1. The van der Waals surface area contributed by atoms with Crippen molar-refractivity contribution in [1.29, 1.82) is 0 Å². The third-order valence-corrected chi connectivity index (χ3v) is 6.43. The lowest BCUT2D eigenvalue weighted by Gasteiger charge is -2.41. The van der Waals surface area contributed by atoms with Gasteiger partial charge in [0, 0.05) is 31.9 Å². The van der Waals surface area contributed by atoms with Crippen LogP contribution in [0.4, 0.5) is 42.2 Å². The predicted octanol–water partition coefficient (Wildman–Crippen LogP) is 2.80. The number of rotatable bonds is 7. The summed E-state index contributed by atoms with van der Waals surface area (Å²) in [5, 5.41) is 7.65. The van der Waals surface area contributed by atoms with E-state index in [0.717, 1.165) is 6.20 Å². The standard InChI is InChI=1S/C23H25F7N6O4/c1-12(33-16-7-32-34-21(38)18(16)23(28,29)30)9-39-5-2-17(37)35-3-4-36-13(8-35)10-40-11-14-19(24)15(22(25,26)27)6-31-20(14)36/h6-7,12-13H,2-5,8-11H2,1H3,(H2,33,34,38)/t12-,13+/m0/s1. The summed E-state index contributed by atoms with van der Waals surface area (Å²) in [5.74, 6) is -1.66. The van der Waals surface area contributed by atoms with Gasteiger partial charge in [0.1, 0.15) is 22.8 Å². The summed E-state index contributed by atoms with van der Waals surface area (Å²) < 4.78 is 104. The molecule has 1 amide bonds. The fourth-order valence-electron chi connectivity index (χ4n) is 4.57. The van der Waals surface area contributed by atoms with Gasteiger partial charge in [-0.2, -0.15) is 31.4 Å². The number of aromatic amines is 1. The van der Waals surface area contributed by atoms with Gasteiger partial charge in [-0.25, -0.2) is 14.5 Å². The van der Waals surface area contributed by atoms with Crippen LogP contribution < -0.4 is 15.8 Å². The van der Waals surface area contributed by atoms with Crippen molar-refractivity contribution in [2.24, 2.45) is 0 Å². The van der Waals surface area contributed by atoms with E-state index < -0.39 is 59.2 Å². The lowest BCUT2D eigenvalue weighted by atomic mass is 10.1. The minimum atomic E-state index is -4.90. The maximum Gasteiger partial charge on any atom is 0.423 e. The zero-order chi connectivity index (χ0) is 29.2. The number of hydrogen-bond acceptors (Lipinski definition) is 8. The van der Waals surface area contributed by atoms with Gasteiger partial charge in [-0.05, 0) is 6.92 Å². The fourth-order valence-corrected chi connectivity index (χ4v) is 4.57. The van der Waals surface area contributed by atoms with Crippen LogP contribution in [0.5, 0.6) is 0 Å². The summed E-state index contributed by atoms with van der Waals surface area (Å²) in [4.78, 5) is 31.3. The fraction of sp³-hybridized carbons (Fsp3) is 0.565. The average Bonchev–Trinajstić information content (AvgIpc) is 3.04. The first kappa shape index (κ1) is 29.5. The van der Waals surface area contributed by atoms with Gasteiger partial charge >= 0.3 is 12.4 Å². The molecule has 2 aliphatic rings. The van der Waals surface area contributed by atoms with Crippen molar-refractivity contribution in [2.75, 3.05) is 49.7 Å². The summed E-state index contributed by atoms with van der Waals surface area (Å²) in [6, 6.07) is -1.12. The number of nitrogens with zero attached hydrogens (tertiary/aromatic N) is 4. The smallest absolute Gasteiger partial charge is 0.379 e. The third kappa shape index (κ3) is 6.46. The Morgan fingerprint density at radius 1 is 1.23 bits per heavy atom. The van der Waals surface area contributed by atoms with Gasteiger partial charge in [-0.15, -0.1) is 0 Å². The molecule has 0 aliphatic carbocycles. The Bertz CT molecular complexity index is 1290. The van der Waals surface area contributed by atoms with Gasteiger partial charge in [0.25, 0.3) is 5.56 Å². The first-order valence-electron chi connectivity index (χ1n) is 12.1. The lowest BCUT2D eigenvalue weighted by Crippen LogP contribution is -2.56. The highest BCUT2D eigenvalue weighted by Gasteiger charge is 2.40. The topological polar surface area (TPSA) is 113 Å². The van der Waals surface area contributed by atoms with E-state index in [1.165, 1.54) is 11.8 Å². The van der Waals surface area contributed by atoms with Gasteiger partial charge < -0.3 is 24.6 Å². The molecule has 0 spiro atoms. The first-order valence-corrected chi connectivity index (χ1v) is 12.1. The minimum absolute atomic E-state index is 0.0394. The average molecular weight is 582 g/mol. The zero-order valence-corrected chi connectivity index (χ0v) is 21.0. The number of anilines is 2. The van der Waals surface area contributed by atoms with E-state index in [4.69, 9.17) is 9.47 Å². The molecule has 1 fully saturated rings. The van der Waals surface area contributed by atoms with E-state index in [1.54, 1.807) is 10.00 Å². The molecule has 0 aromatic carbocycles. The number of H-pyrrole nitrogens is 1. The number of hydrogen-bond donors (Lipinski definition) is 2. The highest BCUT2D eigenvalue weighted by Crippen LogP contribution is 2.37. The van der Waals surface area contributed by atoms with Crippen LogP contribution in [-0.4, -0.2) is 77.5 Å². The molecule has 2 aromatic rings. The third-order valence-electron chi connectivity index (χ3n) is 6.43. The minimum Gasteiger partial charge on any atom is -0.379 e. The molecule has 17 heteroatoms. The number of pyridine rings is 1. The first-order chi connectivity index (χ1) is 18.8. The van der Waals surface area contributed by atoms with E-state index in [9.17, 15) is 40.3 Å². The molecule has 2 aliphatic heterocycles. The van der Waals surface area contributed by atoms with Gasteiger partial charge in [-0.1, -0.05) is 0 Å². The number of amides is 1. The van der Waals surface area contributed by atoms with Gasteiger partial charge in [0.2, 0.25) is 5.91 Å². The molecule has 0 saturated carbocycles. The van der Waals surface area contributed by atoms with E-state index in [-0.39, 0.29) is 63.2 Å². The Kier molecular flexibility index (Phi) is 8.53. The molecule has 1 saturated heterocycles. The zero-order valence-electron chi connectivity index (χ0n) is 21.0. The van der Waals surface area contributed by atoms with E-state index in [2.05, 4.69) is 15.4 Å². The van der Waals surface area contributed by atoms with Crippen molar-refractivity contribution in [1.82, 2.24) is 20.1 Å². The predicted molar refractivity (Wildman–Crippen MR) is 125 cm³/mol. The van der Waals surface area contributed by atoms with Crippen LogP contribution in [-0.2, 0) is 33.2 Å². The molecule has 2 atom stereocenters. The van der Waals surface area contributed by atoms with Gasteiger partial charge in [-0.3, -0.25) is 9.59 Å².